The molecule has 0 aliphatic carbocycles. The van der Waals surface area contributed by atoms with E-state index in [1.54, 1.807) is 18.5 Å². The van der Waals surface area contributed by atoms with Gasteiger partial charge in [0.2, 0.25) is 0 Å². The van der Waals surface area contributed by atoms with Crippen LogP contribution in [-0.2, 0) is 0 Å². The van der Waals surface area contributed by atoms with Crippen molar-refractivity contribution in [3.05, 3.63) is 109 Å². The zero-order valence-corrected chi connectivity index (χ0v) is 16.8. The highest BCUT2D eigenvalue weighted by Crippen LogP contribution is 2.23. The molecule has 0 saturated carbocycles. The van der Waals surface area contributed by atoms with E-state index in [-0.39, 0.29) is 6.03 Å². The SMILES string of the molecule is C=C/C=C(\C=C(\C)N)c1ccc(NC(=O)Nc2cccc(-c3ccncc3)c2)cc1. The van der Waals surface area contributed by atoms with Crippen LogP contribution >= 0.6 is 0 Å². The summed E-state index contributed by atoms with van der Waals surface area (Å²) in [5.41, 5.74) is 11.9. The molecule has 0 spiro atoms. The summed E-state index contributed by atoms with van der Waals surface area (Å²) in [6.45, 7) is 5.57. The van der Waals surface area contributed by atoms with Crippen molar-refractivity contribution in [3.8, 4) is 11.1 Å². The number of hydrogen-bond donors (Lipinski definition) is 3. The van der Waals surface area contributed by atoms with E-state index in [2.05, 4.69) is 22.2 Å². The molecule has 0 bridgehead atoms. The molecule has 0 saturated heterocycles. The average Bonchev–Trinajstić information content (AvgIpc) is 2.74. The van der Waals surface area contributed by atoms with Crippen LogP contribution in [0.15, 0.2) is 104 Å². The van der Waals surface area contributed by atoms with Gasteiger partial charge in [0, 0.05) is 29.5 Å². The van der Waals surface area contributed by atoms with Crippen LogP contribution in [0.4, 0.5) is 16.2 Å². The minimum absolute atomic E-state index is 0.311. The number of nitrogens with one attached hydrogen (secondary N) is 2. The molecule has 2 amide bonds. The largest absolute Gasteiger partial charge is 0.402 e. The van der Waals surface area contributed by atoms with Crippen molar-refractivity contribution in [2.45, 2.75) is 6.92 Å². The summed E-state index contributed by atoms with van der Waals surface area (Å²) >= 11 is 0. The van der Waals surface area contributed by atoms with E-state index in [0.29, 0.717) is 17.1 Å². The first-order chi connectivity index (χ1) is 14.5. The number of rotatable bonds is 6. The zero-order valence-electron chi connectivity index (χ0n) is 16.8. The van der Waals surface area contributed by atoms with Crippen LogP contribution in [0, 0.1) is 0 Å². The number of nitrogens with zero attached hydrogens (tertiary/aromatic N) is 1. The number of aromatic nitrogens is 1. The predicted molar refractivity (Wildman–Crippen MR) is 125 cm³/mol. The quantitative estimate of drug-likeness (QED) is 0.459. The number of pyridine rings is 1. The summed E-state index contributed by atoms with van der Waals surface area (Å²) in [7, 11) is 0. The first kappa shape index (κ1) is 20.6. The fraction of sp³-hybridized carbons (Fsp3) is 0.0400. The van der Waals surface area contributed by atoms with Gasteiger partial charge in [-0.1, -0.05) is 43.0 Å². The molecule has 0 aliphatic heterocycles. The number of nitrogens with two attached hydrogens (primary N) is 1. The fourth-order valence-electron chi connectivity index (χ4n) is 2.96. The Kier molecular flexibility index (Phi) is 6.79. The molecule has 1 aromatic heterocycles. The molecular weight excluding hydrogens is 372 g/mol. The number of benzene rings is 2. The Balaban J connectivity index is 1.68. The summed E-state index contributed by atoms with van der Waals surface area (Å²) in [6, 6.07) is 18.8. The van der Waals surface area contributed by atoms with Crippen molar-refractivity contribution in [1.29, 1.82) is 0 Å². The molecule has 4 N–H and O–H groups in total. The molecule has 30 heavy (non-hydrogen) atoms. The van der Waals surface area contributed by atoms with Crippen molar-refractivity contribution in [2.24, 2.45) is 5.73 Å². The summed E-state index contributed by atoms with van der Waals surface area (Å²) < 4.78 is 0. The van der Waals surface area contributed by atoms with Gasteiger partial charge >= 0.3 is 6.03 Å². The summed E-state index contributed by atoms with van der Waals surface area (Å²) in [4.78, 5) is 16.4. The first-order valence-electron chi connectivity index (χ1n) is 9.50. The Morgan fingerprint density at radius 1 is 0.967 bits per heavy atom. The Morgan fingerprint density at radius 2 is 1.67 bits per heavy atom. The fourth-order valence-corrected chi connectivity index (χ4v) is 2.96. The van der Waals surface area contributed by atoms with Crippen molar-refractivity contribution in [3.63, 3.8) is 0 Å². The van der Waals surface area contributed by atoms with Gasteiger partial charge in [-0.2, -0.15) is 0 Å². The number of allylic oxidation sites excluding steroid dienone is 5. The third-order valence-electron chi connectivity index (χ3n) is 4.29. The second-order valence-electron chi connectivity index (χ2n) is 6.72. The van der Waals surface area contributed by atoms with Gasteiger partial charge in [-0.15, -0.1) is 0 Å². The van der Waals surface area contributed by atoms with Crippen molar-refractivity contribution in [1.82, 2.24) is 4.98 Å². The molecule has 0 unspecified atom stereocenters. The van der Waals surface area contributed by atoms with E-state index >= 15 is 0 Å². The number of amides is 2. The van der Waals surface area contributed by atoms with E-state index < -0.39 is 0 Å². The lowest BCUT2D eigenvalue weighted by molar-refractivity contribution is 0.262. The zero-order chi connectivity index (χ0) is 21.3. The molecule has 0 atom stereocenters. The van der Waals surface area contributed by atoms with Crippen LogP contribution in [0.3, 0.4) is 0 Å². The molecule has 5 heteroatoms. The summed E-state index contributed by atoms with van der Waals surface area (Å²) in [5.74, 6) is 0. The molecule has 0 fully saturated rings. The Hall–Kier alpha value is -4.12. The third-order valence-corrected chi connectivity index (χ3v) is 4.29. The van der Waals surface area contributed by atoms with Gasteiger partial charge in [-0.25, -0.2) is 4.79 Å². The van der Waals surface area contributed by atoms with Crippen molar-refractivity contribution in [2.75, 3.05) is 10.6 Å². The van der Waals surface area contributed by atoms with Crippen LogP contribution in [0.25, 0.3) is 16.7 Å². The monoisotopic (exact) mass is 396 g/mol. The number of urea groups is 1. The maximum Gasteiger partial charge on any atom is 0.323 e. The minimum atomic E-state index is -0.311. The summed E-state index contributed by atoms with van der Waals surface area (Å²) in [6.07, 6.45) is 8.97. The Bertz CT molecular complexity index is 1080. The average molecular weight is 396 g/mol. The molecular formula is C25H24N4O. The molecule has 1 heterocycles. The van der Waals surface area contributed by atoms with E-state index in [9.17, 15) is 4.79 Å². The van der Waals surface area contributed by atoms with Crippen molar-refractivity contribution >= 4 is 23.0 Å². The lowest BCUT2D eigenvalue weighted by atomic mass is 10.0. The molecule has 150 valence electrons. The minimum Gasteiger partial charge on any atom is -0.402 e. The van der Waals surface area contributed by atoms with Crippen molar-refractivity contribution < 1.29 is 4.79 Å². The van der Waals surface area contributed by atoms with Gasteiger partial charge in [-0.05, 0) is 71.7 Å². The van der Waals surface area contributed by atoms with Gasteiger partial charge in [0.1, 0.15) is 0 Å². The number of hydrogen-bond acceptors (Lipinski definition) is 3. The first-order valence-corrected chi connectivity index (χ1v) is 9.50. The van der Waals surface area contributed by atoms with Gasteiger partial charge in [0.05, 0.1) is 0 Å². The van der Waals surface area contributed by atoms with E-state index in [1.165, 1.54) is 0 Å². The number of anilines is 2. The van der Waals surface area contributed by atoms with E-state index in [4.69, 9.17) is 5.73 Å². The number of carbonyl (C=O) groups is 1. The summed E-state index contributed by atoms with van der Waals surface area (Å²) in [5, 5.41) is 5.72. The van der Waals surface area contributed by atoms with Gasteiger partial charge < -0.3 is 16.4 Å². The van der Waals surface area contributed by atoms with Gasteiger partial charge in [0.25, 0.3) is 0 Å². The Morgan fingerprint density at radius 3 is 2.33 bits per heavy atom. The Labute approximate surface area is 176 Å². The van der Waals surface area contributed by atoms with Crippen LogP contribution in [0.2, 0.25) is 0 Å². The van der Waals surface area contributed by atoms with Gasteiger partial charge in [0.15, 0.2) is 0 Å². The van der Waals surface area contributed by atoms with Gasteiger partial charge in [-0.3, -0.25) is 4.98 Å². The maximum absolute atomic E-state index is 12.4. The van der Waals surface area contributed by atoms with Crippen LogP contribution in [0.1, 0.15) is 12.5 Å². The highest BCUT2D eigenvalue weighted by atomic mass is 16.2. The normalized spacial score (nSPS) is 11.6. The smallest absolute Gasteiger partial charge is 0.323 e. The standard InChI is InChI=1S/C25H24N4O/c1-3-5-21(16-18(2)26)19-8-10-23(11-9-19)28-25(30)29-24-7-4-6-22(17-24)20-12-14-27-15-13-20/h3-17H,1,26H2,2H3,(H2,28,29,30)/b18-16-,21-5+. The van der Waals surface area contributed by atoms with E-state index in [1.807, 2.05) is 79.7 Å². The highest BCUT2D eigenvalue weighted by Gasteiger charge is 2.05. The second kappa shape index (κ2) is 9.89. The highest BCUT2D eigenvalue weighted by molar-refractivity contribution is 6.00. The molecule has 3 aromatic rings. The molecule has 5 nitrogen and oxygen atoms in total. The molecule has 0 radical (unpaired) electrons. The molecule has 0 aliphatic rings. The predicted octanol–water partition coefficient (Wildman–Crippen LogP) is 5.82. The van der Waals surface area contributed by atoms with Crippen LogP contribution in [0.5, 0.6) is 0 Å². The molecule has 2 aromatic carbocycles. The lowest BCUT2D eigenvalue weighted by Gasteiger charge is -2.10. The topological polar surface area (TPSA) is 80.0 Å². The van der Waals surface area contributed by atoms with Crippen LogP contribution < -0.4 is 16.4 Å². The third kappa shape index (κ3) is 5.69. The number of carbonyl (C=O) groups excluding carboxylic acids is 1. The molecule has 3 rings (SSSR count). The van der Waals surface area contributed by atoms with E-state index in [0.717, 1.165) is 22.3 Å². The second-order valence-corrected chi connectivity index (χ2v) is 6.72. The van der Waals surface area contributed by atoms with Crippen LogP contribution in [-0.4, -0.2) is 11.0 Å². The lowest BCUT2D eigenvalue weighted by Crippen LogP contribution is -2.19. The maximum atomic E-state index is 12.4.